The van der Waals surface area contributed by atoms with Gasteiger partial charge in [0.05, 0.1) is 5.92 Å². The molecule has 1 aliphatic rings. The number of hydrogen-bond donors (Lipinski definition) is 1. The highest BCUT2D eigenvalue weighted by atomic mass is 32.2. The summed E-state index contributed by atoms with van der Waals surface area (Å²) in [6, 6.07) is 9.54. The Labute approximate surface area is 106 Å². The molecule has 0 bridgehead atoms. The van der Waals surface area contributed by atoms with Crippen LogP contribution < -0.4 is 0 Å². The fourth-order valence-electron chi connectivity index (χ4n) is 2.49. The Hall–Kier alpha value is -0.800. The molecule has 17 heavy (non-hydrogen) atoms. The second kappa shape index (κ2) is 4.83. The van der Waals surface area contributed by atoms with Crippen molar-refractivity contribution in [3.8, 4) is 0 Å². The Kier molecular flexibility index (Phi) is 3.59. The van der Waals surface area contributed by atoms with Crippen molar-refractivity contribution in [1.29, 1.82) is 0 Å². The minimum atomic E-state index is -0.997. The summed E-state index contributed by atoms with van der Waals surface area (Å²) in [6.45, 7) is 4.20. The summed E-state index contributed by atoms with van der Waals surface area (Å²) < 4.78 is 0. The second-order valence-electron chi connectivity index (χ2n) is 4.97. The highest BCUT2D eigenvalue weighted by molar-refractivity contribution is 8.00. The summed E-state index contributed by atoms with van der Waals surface area (Å²) in [7, 11) is 0. The van der Waals surface area contributed by atoms with Gasteiger partial charge in [0.2, 0.25) is 0 Å². The Morgan fingerprint density at radius 3 is 2.59 bits per heavy atom. The molecule has 2 nitrogen and oxygen atoms in total. The van der Waals surface area contributed by atoms with Crippen molar-refractivity contribution in [1.82, 2.24) is 0 Å². The van der Waals surface area contributed by atoms with Crippen molar-refractivity contribution in [2.75, 3.05) is 5.75 Å². The summed E-state index contributed by atoms with van der Waals surface area (Å²) in [4.78, 5) is 11.3. The largest absolute Gasteiger partial charge is 0.384 e. The van der Waals surface area contributed by atoms with Crippen molar-refractivity contribution in [3.05, 3.63) is 35.9 Å². The average Bonchev–Trinajstić information content (AvgIpc) is 2.69. The van der Waals surface area contributed by atoms with E-state index in [-0.39, 0.29) is 11.2 Å². The van der Waals surface area contributed by atoms with Crippen LogP contribution in [-0.4, -0.2) is 22.4 Å². The van der Waals surface area contributed by atoms with Crippen LogP contribution in [0.15, 0.2) is 30.3 Å². The normalized spacial score (nSPS) is 32.9. The van der Waals surface area contributed by atoms with Crippen molar-refractivity contribution in [3.63, 3.8) is 0 Å². The third-order valence-electron chi connectivity index (χ3n) is 3.48. The van der Waals surface area contributed by atoms with Crippen LogP contribution in [0.1, 0.15) is 19.4 Å². The number of aliphatic hydroxyl groups is 1. The van der Waals surface area contributed by atoms with E-state index in [1.54, 1.807) is 11.8 Å². The van der Waals surface area contributed by atoms with E-state index >= 15 is 0 Å². The molecule has 0 aliphatic carbocycles. The maximum absolute atomic E-state index is 11.3. The van der Waals surface area contributed by atoms with Crippen molar-refractivity contribution < 1.29 is 9.90 Å². The molecule has 0 radical (unpaired) electrons. The summed E-state index contributed by atoms with van der Waals surface area (Å²) >= 11 is 1.70. The van der Waals surface area contributed by atoms with E-state index < -0.39 is 5.60 Å². The minimum absolute atomic E-state index is 0.206. The molecule has 0 spiro atoms. The van der Waals surface area contributed by atoms with E-state index in [0.717, 1.165) is 11.8 Å². The van der Waals surface area contributed by atoms with Gasteiger partial charge in [-0.15, -0.1) is 0 Å². The van der Waals surface area contributed by atoms with E-state index in [2.05, 4.69) is 13.8 Å². The summed E-state index contributed by atoms with van der Waals surface area (Å²) in [5, 5.41) is 11.0. The third-order valence-corrected chi connectivity index (χ3v) is 5.31. The minimum Gasteiger partial charge on any atom is -0.384 e. The van der Waals surface area contributed by atoms with Crippen molar-refractivity contribution in [2.45, 2.75) is 24.7 Å². The number of aldehydes is 1. The maximum atomic E-state index is 11.3. The van der Waals surface area contributed by atoms with Gasteiger partial charge >= 0.3 is 0 Å². The van der Waals surface area contributed by atoms with Gasteiger partial charge in [-0.05, 0) is 11.5 Å². The molecule has 0 saturated carbocycles. The zero-order valence-electron chi connectivity index (χ0n) is 10.2. The van der Waals surface area contributed by atoms with Gasteiger partial charge in [0.1, 0.15) is 11.9 Å². The smallest absolute Gasteiger partial charge is 0.127 e. The molecule has 92 valence electrons. The molecule has 3 heteroatoms. The van der Waals surface area contributed by atoms with E-state index in [9.17, 15) is 9.90 Å². The molecule has 0 unspecified atom stereocenters. The quantitative estimate of drug-likeness (QED) is 0.837. The van der Waals surface area contributed by atoms with Gasteiger partial charge in [0.25, 0.3) is 0 Å². The predicted octanol–water partition coefficient (Wildman–Crippen LogP) is 2.46. The highest BCUT2D eigenvalue weighted by Crippen LogP contribution is 2.47. The first kappa shape index (κ1) is 12.7. The average molecular weight is 250 g/mol. The fourth-order valence-corrected chi connectivity index (χ4v) is 4.18. The topological polar surface area (TPSA) is 37.3 Å². The lowest BCUT2D eigenvalue weighted by Gasteiger charge is -2.29. The fraction of sp³-hybridized carbons (Fsp3) is 0.500. The molecule has 0 aromatic heterocycles. The molecule has 1 N–H and O–H groups in total. The summed E-state index contributed by atoms with van der Waals surface area (Å²) in [5.41, 5.74) is -0.143. The molecule has 1 fully saturated rings. The van der Waals surface area contributed by atoms with Crippen LogP contribution in [0.4, 0.5) is 0 Å². The first-order valence-electron chi connectivity index (χ1n) is 5.94. The number of hydrogen-bond acceptors (Lipinski definition) is 3. The zero-order chi connectivity index (χ0) is 12.5. The molecule has 1 heterocycles. The Morgan fingerprint density at radius 2 is 2.06 bits per heavy atom. The van der Waals surface area contributed by atoms with Crippen LogP contribution in [0.5, 0.6) is 0 Å². The first-order chi connectivity index (χ1) is 8.09. The lowest BCUT2D eigenvalue weighted by atomic mass is 9.79. The maximum Gasteiger partial charge on any atom is 0.127 e. The third kappa shape index (κ3) is 2.14. The van der Waals surface area contributed by atoms with Crippen molar-refractivity contribution in [2.24, 2.45) is 11.8 Å². The number of carbonyl (C=O) groups is 1. The molecule has 1 saturated heterocycles. The van der Waals surface area contributed by atoms with Crippen LogP contribution in [0, 0.1) is 11.8 Å². The molecule has 1 aromatic carbocycles. The molecule has 3 atom stereocenters. The summed E-state index contributed by atoms with van der Waals surface area (Å²) in [6.07, 6.45) is 0.928. The van der Waals surface area contributed by atoms with Crippen LogP contribution in [-0.2, 0) is 10.4 Å². The van der Waals surface area contributed by atoms with Gasteiger partial charge in [0, 0.05) is 11.0 Å². The molecule has 1 aromatic rings. The van der Waals surface area contributed by atoms with Gasteiger partial charge in [-0.3, -0.25) is 0 Å². The number of carbonyl (C=O) groups excluding carboxylic acids is 1. The Bertz CT molecular complexity index is 390. The van der Waals surface area contributed by atoms with Crippen molar-refractivity contribution >= 4 is 18.0 Å². The molecular weight excluding hydrogens is 232 g/mol. The second-order valence-corrected chi connectivity index (χ2v) is 6.14. The molecular formula is C14H18O2S. The van der Waals surface area contributed by atoms with Gasteiger partial charge < -0.3 is 9.90 Å². The monoisotopic (exact) mass is 250 g/mol. The number of benzene rings is 1. The number of thioether (sulfide) groups is 1. The lowest BCUT2D eigenvalue weighted by molar-refractivity contribution is -0.118. The predicted molar refractivity (Wildman–Crippen MR) is 71.0 cm³/mol. The SMILES string of the molecule is CC(C)[C@H]1SC[C@@](O)(c2ccccc2)[C@@H]1C=O. The van der Waals surface area contributed by atoms with Gasteiger partial charge in [-0.2, -0.15) is 11.8 Å². The first-order valence-corrected chi connectivity index (χ1v) is 6.99. The van der Waals surface area contributed by atoms with E-state index in [1.165, 1.54) is 0 Å². The zero-order valence-corrected chi connectivity index (χ0v) is 11.0. The Morgan fingerprint density at radius 1 is 1.41 bits per heavy atom. The van der Waals surface area contributed by atoms with E-state index in [4.69, 9.17) is 0 Å². The lowest BCUT2D eigenvalue weighted by Crippen LogP contribution is -2.38. The van der Waals surface area contributed by atoms with Crippen LogP contribution in [0.3, 0.4) is 0 Å². The van der Waals surface area contributed by atoms with Crippen LogP contribution >= 0.6 is 11.8 Å². The standard InChI is InChI=1S/C14H18O2S/c1-10(2)13-12(8-15)14(16,9-17-13)11-6-4-3-5-7-11/h3-8,10,12-13,16H,9H2,1-2H3/t12-,13-,14-/m1/s1. The van der Waals surface area contributed by atoms with E-state index in [0.29, 0.717) is 11.7 Å². The van der Waals surface area contributed by atoms with Crippen LogP contribution in [0.25, 0.3) is 0 Å². The molecule has 2 rings (SSSR count). The molecule has 0 amide bonds. The summed E-state index contributed by atoms with van der Waals surface area (Å²) in [5.74, 6) is 0.686. The van der Waals surface area contributed by atoms with Gasteiger partial charge in [0.15, 0.2) is 0 Å². The Balaban J connectivity index is 2.35. The van der Waals surface area contributed by atoms with Crippen LogP contribution in [0.2, 0.25) is 0 Å². The van der Waals surface area contributed by atoms with Gasteiger partial charge in [-0.25, -0.2) is 0 Å². The van der Waals surface area contributed by atoms with E-state index in [1.807, 2.05) is 30.3 Å². The van der Waals surface area contributed by atoms with Gasteiger partial charge in [-0.1, -0.05) is 44.2 Å². The number of rotatable bonds is 3. The highest BCUT2D eigenvalue weighted by Gasteiger charge is 2.49. The molecule has 1 aliphatic heterocycles.